The molecule has 1 atom stereocenters. The number of ether oxygens (including phenoxy) is 2. The molecule has 0 N–H and O–H groups in total. The summed E-state index contributed by atoms with van der Waals surface area (Å²) in [7, 11) is 0. The number of nitrogens with zero attached hydrogens (tertiary/aromatic N) is 1. The molecule has 2 aromatic rings. The maximum atomic E-state index is 13.6. The van der Waals surface area contributed by atoms with E-state index in [0.29, 0.717) is 18.7 Å². The van der Waals surface area contributed by atoms with E-state index in [1.807, 2.05) is 0 Å². The molecule has 4 nitrogen and oxygen atoms in total. The van der Waals surface area contributed by atoms with Crippen molar-refractivity contribution >= 4 is 5.91 Å². The van der Waals surface area contributed by atoms with Gasteiger partial charge in [0.15, 0.2) is 11.6 Å². The SMILES string of the molecule is O=C(c1ccc(F)c(F)c1)N1CCOC(COCc2ccccc2F)C1. The van der Waals surface area contributed by atoms with Crippen molar-refractivity contribution in [2.75, 3.05) is 26.3 Å². The van der Waals surface area contributed by atoms with Crippen LogP contribution in [-0.4, -0.2) is 43.2 Å². The molecule has 0 bridgehead atoms. The van der Waals surface area contributed by atoms with E-state index < -0.39 is 17.5 Å². The van der Waals surface area contributed by atoms with Gasteiger partial charge < -0.3 is 14.4 Å². The van der Waals surface area contributed by atoms with E-state index in [2.05, 4.69) is 0 Å². The lowest BCUT2D eigenvalue weighted by Gasteiger charge is -2.33. The van der Waals surface area contributed by atoms with Crippen LogP contribution in [0.3, 0.4) is 0 Å². The van der Waals surface area contributed by atoms with Crippen molar-refractivity contribution in [3.05, 3.63) is 71.0 Å². The van der Waals surface area contributed by atoms with Gasteiger partial charge in [-0.15, -0.1) is 0 Å². The van der Waals surface area contributed by atoms with Crippen molar-refractivity contribution in [1.29, 1.82) is 0 Å². The molecule has 1 amide bonds. The second-order valence-electron chi connectivity index (χ2n) is 5.98. The Morgan fingerprint density at radius 3 is 2.69 bits per heavy atom. The highest BCUT2D eigenvalue weighted by molar-refractivity contribution is 5.94. The van der Waals surface area contributed by atoms with E-state index in [9.17, 15) is 18.0 Å². The molecule has 26 heavy (non-hydrogen) atoms. The lowest BCUT2D eigenvalue weighted by molar-refractivity contribution is -0.0650. The van der Waals surface area contributed by atoms with E-state index >= 15 is 0 Å². The Labute approximate surface area is 149 Å². The van der Waals surface area contributed by atoms with Crippen LogP contribution in [-0.2, 0) is 16.1 Å². The Morgan fingerprint density at radius 1 is 1.12 bits per heavy atom. The third kappa shape index (κ3) is 4.42. The first-order valence-corrected chi connectivity index (χ1v) is 8.21. The first kappa shape index (κ1) is 18.4. The van der Waals surface area contributed by atoms with Crippen LogP contribution in [0, 0.1) is 17.5 Å². The fourth-order valence-electron chi connectivity index (χ4n) is 2.73. The average Bonchev–Trinajstić information content (AvgIpc) is 2.65. The minimum atomic E-state index is -1.06. The molecule has 2 aromatic carbocycles. The van der Waals surface area contributed by atoms with Gasteiger partial charge in [-0.2, -0.15) is 0 Å². The molecule has 1 unspecified atom stereocenters. The quantitative estimate of drug-likeness (QED) is 0.817. The molecule has 0 aromatic heterocycles. The van der Waals surface area contributed by atoms with Crippen LogP contribution in [0.1, 0.15) is 15.9 Å². The fourth-order valence-corrected chi connectivity index (χ4v) is 2.73. The first-order chi connectivity index (χ1) is 12.5. The summed E-state index contributed by atoms with van der Waals surface area (Å²) in [5, 5.41) is 0. The highest BCUT2D eigenvalue weighted by Crippen LogP contribution is 2.15. The molecule has 7 heteroatoms. The van der Waals surface area contributed by atoms with Crippen LogP contribution in [0.5, 0.6) is 0 Å². The second-order valence-corrected chi connectivity index (χ2v) is 5.98. The van der Waals surface area contributed by atoms with E-state index in [-0.39, 0.29) is 37.2 Å². The highest BCUT2D eigenvalue weighted by Gasteiger charge is 2.25. The third-order valence-corrected chi connectivity index (χ3v) is 4.11. The normalized spacial score (nSPS) is 17.3. The molecule has 1 aliphatic rings. The standard InChI is InChI=1S/C19H18F3NO3/c20-16-4-2-1-3-14(16)11-25-12-15-10-23(7-8-26-15)19(24)13-5-6-17(21)18(22)9-13/h1-6,9,15H,7-8,10-12H2. The van der Waals surface area contributed by atoms with Crippen LogP contribution < -0.4 is 0 Å². The molecule has 0 radical (unpaired) electrons. The minimum Gasteiger partial charge on any atom is -0.374 e. The van der Waals surface area contributed by atoms with Gasteiger partial charge in [0, 0.05) is 24.2 Å². The molecule has 1 heterocycles. The molecular weight excluding hydrogens is 347 g/mol. The fraction of sp³-hybridized carbons (Fsp3) is 0.316. The highest BCUT2D eigenvalue weighted by atomic mass is 19.2. The smallest absolute Gasteiger partial charge is 0.254 e. The summed E-state index contributed by atoms with van der Waals surface area (Å²) in [4.78, 5) is 13.9. The van der Waals surface area contributed by atoms with Crippen LogP contribution in [0.4, 0.5) is 13.2 Å². The van der Waals surface area contributed by atoms with Crippen LogP contribution in [0.2, 0.25) is 0 Å². The predicted octanol–water partition coefficient (Wildman–Crippen LogP) is 3.16. The maximum absolute atomic E-state index is 13.6. The van der Waals surface area contributed by atoms with Gasteiger partial charge in [0.05, 0.1) is 25.9 Å². The number of rotatable bonds is 5. The lowest BCUT2D eigenvalue weighted by Crippen LogP contribution is -2.47. The van der Waals surface area contributed by atoms with Gasteiger partial charge in [0.25, 0.3) is 5.91 Å². The Balaban J connectivity index is 1.54. The molecule has 3 rings (SSSR count). The van der Waals surface area contributed by atoms with Crippen molar-refractivity contribution in [2.24, 2.45) is 0 Å². The zero-order valence-electron chi connectivity index (χ0n) is 14.0. The molecule has 0 saturated carbocycles. The summed E-state index contributed by atoms with van der Waals surface area (Å²) in [5.41, 5.74) is 0.523. The molecule has 1 saturated heterocycles. The number of morpholine rings is 1. The topological polar surface area (TPSA) is 38.8 Å². The molecular formula is C19H18F3NO3. The summed E-state index contributed by atoms with van der Waals surface area (Å²) in [6, 6.07) is 9.38. The average molecular weight is 365 g/mol. The van der Waals surface area contributed by atoms with Gasteiger partial charge >= 0.3 is 0 Å². The number of carbonyl (C=O) groups excluding carboxylic acids is 1. The first-order valence-electron chi connectivity index (χ1n) is 8.21. The zero-order valence-corrected chi connectivity index (χ0v) is 14.0. The number of halogens is 3. The van der Waals surface area contributed by atoms with Gasteiger partial charge in [-0.25, -0.2) is 13.2 Å². The summed E-state index contributed by atoms with van der Waals surface area (Å²) >= 11 is 0. The zero-order chi connectivity index (χ0) is 18.5. The van der Waals surface area contributed by atoms with E-state index in [1.54, 1.807) is 18.2 Å². The van der Waals surface area contributed by atoms with E-state index in [0.717, 1.165) is 12.1 Å². The van der Waals surface area contributed by atoms with Gasteiger partial charge in [0.2, 0.25) is 0 Å². The Kier molecular flexibility index (Phi) is 5.90. The number of benzene rings is 2. The van der Waals surface area contributed by atoms with E-state index in [1.165, 1.54) is 17.0 Å². The number of carbonyl (C=O) groups is 1. The van der Waals surface area contributed by atoms with Crippen molar-refractivity contribution < 1.29 is 27.4 Å². The summed E-state index contributed by atoms with van der Waals surface area (Å²) in [5.74, 6) is -2.80. The lowest BCUT2D eigenvalue weighted by atomic mass is 10.1. The Hall–Kier alpha value is -2.38. The molecule has 1 fully saturated rings. The number of hydrogen-bond acceptors (Lipinski definition) is 3. The van der Waals surface area contributed by atoms with Gasteiger partial charge in [-0.3, -0.25) is 4.79 Å². The molecule has 1 aliphatic heterocycles. The van der Waals surface area contributed by atoms with Crippen LogP contribution in [0.15, 0.2) is 42.5 Å². The van der Waals surface area contributed by atoms with Gasteiger partial charge in [-0.05, 0) is 24.3 Å². The van der Waals surface area contributed by atoms with Crippen molar-refractivity contribution in [1.82, 2.24) is 4.90 Å². The molecule has 0 spiro atoms. The second kappa shape index (κ2) is 8.33. The predicted molar refractivity (Wildman–Crippen MR) is 88.1 cm³/mol. The van der Waals surface area contributed by atoms with Gasteiger partial charge in [-0.1, -0.05) is 18.2 Å². The summed E-state index contributed by atoms with van der Waals surface area (Å²) in [6.45, 7) is 1.21. The van der Waals surface area contributed by atoms with Crippen molar-refractivity contribution in [2.45, 2.75) is 12.7 Å². The van der Waals surface area contributed by atoms with E-state index in [4.69, 9.17) is 9.47 Å². The minimum absolute atomic E-state index is 0.0804. The van der Waals surface area contributed by atoms with Gasteiger partial charge in [0.1, 0.15) is 5.82 Å². The summed E-state index contributed by atoms with van der Waals surface area (Å²) < 4.78 is 50.9. The Morgan fingerprint density at radius 2 is 1.92 bits per heavy atom. The largest absolute Gasteiger partial charge is 0.374 e. The third-order valence-electron chi connectivity index (χ3n) is 4.11. The van der Waals surface area contributed by atoms with Crippen molar-refractivity contribution in [3.63, 3.8) is 0 Å². The molecule has 0 aliphatic carbocycles. The summed E-state index contributed by atoms with van der Waals surface area (Å²) in [6.07, 6.45) is -0.371. The monoisotopic (exact) mass is 365 g/mol. The van der Waals surface area contributed by atoms with Crippen molar-refractivity contribution in [3.8, 4) is 0 Å². The Bertz CT molecular complexity index is 784. The number of hydrogen-bond donors (Lipinski definition) is 0. The van der Waals surface area contributed by atoms with Crippen LogP contribution in [0.25, 0.3) is 0 Å². The van der Waals surface area contributed by atoms with Crippen LogP contribution >= 0.6 is 0 Å². The maximum Gasteiger partial charge on any atom is 0.254 e. The number of amides is 1. The molecule has 138 valence electrons.